The van der Waals surface area contributed by atoms with Crippen molar-refractivity contribution in [2.24, 2.45) is 0 Å². The minimum Gasteiger partial charge on any atom is -0.373 e. The van der Waals surface area contributed by atoms with E-state index in [-0.39, 0.29) is 0 Å². The number of ether oxygens (including phenoxy) is 1. The Hall–Kier alpha value is -2.04. The fraction of sp³-hybridized carbons (Fsp3) is 0.333. The maximum absolute atomic E-state index is 5.58. The normalized spacial score (nSPS) is 14.5. The first kappa shape index (κ1) is 14.9. The molecule has 0 spiro atoms. The zero-order valence-corrected chi connectivity index (χ0v) is 12.7. The van der Waals surface area contributed by atoms with Crippen LogP contribution in [0.2, 0.25) is 0 Å². The molecule has 0 amide bonds. The molecular formula is C18H21N3O. The van der Waals surface area contributed by atoms with Crippen molar-refractivity contribution >= 4 is 0 Å². The molecule has 0 saturated heterocycles. The summed E-state index contributed by atoms with van der Waals surface area (Å²) in [5.41, 5.74) is 5.18. The van der Waals surface area contributed by atoms with Crippen molar-refractivity contribution in [1.82, 2.24) is 14.9 Å². The molecular weight excluding hydrogens is 274 g/mol. The van der Waals surface area contributed by atoms with E-state index in [4.69, 9.17) is 4.74 Å². The quantitative estimate of drug-likeness (QED) is 0.607. The van der Waals surface area contributed by atoms with Crippen LogP contribution in [0.3, 0.4) is 0 Å². The molecule has 0 aromatic carbocycles. The van der Waals surface area contributed by atoms with Crippen LogP contribution in [0.4, 0.5) is 0 Å². The van der Waals surface area contributed by atoms with Crippen molar-refractivity contribution < 1.29 is 4.74 Å². The largest absolute Gasteiger partial charge is 0.373 e. The van der Waals surface area contributed by atoms with Gasteiger partial charge in [-0.05, 0) is 34.7 Å². The number of hydrogen-bond donors (Lipinski definition) is 0. The molecule has 0 aliphatic carbocycles. The molecule has 114 valence electrons. The zero-order chi connectivity index (χ0) is 15.2. The molecule has 1 aliphatic rings. The van der Waals surface area contributed by atoms with Crippen LogP contribution in [0.1, 0.15) is 22.3 Å². The minimum absolute atomic E-state index is 0.580. The molecule has 22 heavy (non-hydrogen) atoms. The highest BCUT2D eigenvalue weighted by Gasteiger charge is 2.19. The molecule has 0 saturated carbocycles. The van der Waals surface area contributed by atoms with E-state index in [0.717, 1.165) is 26.1 Å². The summed E-state index contributed by atoms with van der Waals surface area (Å²) >= 11 is 0. The summed E-state index contributed by atoms with van der Waals surface area (Å²) < 4.78 is 5.58. The summed E-state index contributed by atoms with van der Waals surface area (Å²) in [6.07, 6.45) is 10.5. The Morgan fingerprint density at radius 2 is 2.23 bits per heavy atom. The van der Waals surface area contributed by atoms with Gasteiger partial charge < -0.3 is 4.74 Å². The van der Waals surface area contributed by atoms with Crippen LogP contribution in [0.5, 0.6) is 0 Å². The van der Waals surface area contributed by atoms with Crippen molar-refractivity contribution in [2.75, 3.05) is 13.2 Å². The van der Waals surface area contributed by atoms with Crippen molar-refractivity contribution in [3.8, 4) is 0 Å². The third kappa shape index (κ3) is 3.59. The molecule has 1 aliphatic heterocycles. The number of hydrogen-bond acceptors (Lipinski definition) is 4. The van der Waals surface area contributed by atoms with Gasteiger partial charge in [-0.2, -0.15) is 0 Å². The first-order valence-electron chi connectivity index (χ1n) is 7.61. The van der Waals surface area contributed by atoms with Crippen LogP contribution in [-0.2, 0) is 30.9 Å². The fourth-order valence-electron chi connectivity index (χ4n) is 2.89. The highest BCUT2D eigenvalue weighted by Crippen LogP contribution is 2.23. The van der Waals surface area contributed by atoms with E-state index in [0.29, 0.717) is 13.2 Å². The van der Waals surface area contributed by atoms with Gasteiger partial charge >= 0.3 is 0 Å². The van der Waals surface area contributed by atoms with Gasteiger partial charge in [0.25, 0.3) is 0 Å². The molecule has 3 heterocycles. The number of pyridine rings is 2. The van der Waals surface area contributed by atoms with Gasteiger partial charge in [0.05, 0.1) is 13.2 Å². The highest BCUT2D eigenvalue weighted by molar-refractivity contribution is 5.33. The molecule has 2 aromatic heterocycles. The summed E-state index contributed by atoms with van der Waals surface area (Å²) in [6.45, 7) is 7.80. The van der Waals surface area contributed by atoms with Crippen LogP contribution in [-0.4, -0.2) is 28.0 Å². The van der Waals surface area contributed by atoms with Gasteiger partial charge in [-0.25, -0.2) is 0 Å². The zero-order valence-electron chi connectivity index (χ0n) is 12.7. The Kier molecular flexibility index (Phi) is 4.93. The van der Waals surface area contributed by atoms with Crippen LogP contribution < -0.4 is 0 Å². The third-order valence-corrected chi connectivity index (χ3v) is 3.93. The van der Waals surface area contributed by atoms with Crippen LogP contribution in [0.15, 0.2) is 49.6 Å². The van der Waals surface area contributed by atoms with Gasteiger partial charge in [0.15, 0.2) is 0 Å². The molecule has 0 atom stereocenters. The summed E-state index contributed by atoms with van der Waals surface area (Å²) in [4.78, 5) is 11.0. The SMILES string of the molecule is C=CCOCc1cncc2c1CCN(Cc1cccnc1)C2. The Balaban J connectivity index is 1.68. The van der Waals surface area contributed by atoms with E-state index < -0.39 is 0 Å². The minimum atomic E-state index is 0.580. The van der Waals surface area contributed by atoms with Crippen molar-refractivity contribution in [3.63, 3.8) is 0 Å². The number of rotatable bonds is 6. The standard InChI is InChI=1S/C18H21N3O/c1-2-8-22-14-17-11-20-10-16-13-21(7-5-18(16)17)12-15-4-3-6-19-9-15/h2-4,6,9-11H,1,5,7-8,12-14H2. The monoisotopic (exact) mass is 295 g/mol. The first-order valence-corrected chi connectivity index (χ1v) is 7.61. The van der Waals surface area contributed by atoms with Gasteiger partial charge in [-0.15, -0.1) is 6.58 Å². The molecule has 4 heteroatoms. The van der Waals surface area contributed by atoms with Crippen LogP contribution in [0.25, 0.3) is 0 Å². The van der Waals surface area contributed by atoms with E-state index in [1.54, 1.807) is 6.08 Å². The van der Waals surface area contributed by atoms with Crippen LogP contribution in [0, 0.1) is 0 Å². The molecule has 0 radical (unpaired) electrons. The number of nitrogens with zero attached hydrogens (tertiary/aromatic N) is 3. The second kappa shape index (κ2) is 7.29. The van der Waals surface area contributed by atoms with Gasteiger partial charge in [0.2, 0.25) is 0 Å². The molecule has 0 N–H and O–H groups in total. The van der Waals surface area contributed by atoms with E-state index in [9.17, 15) is 0 Å². The van der Waals surface area contributed by atoms with E-state index >= 15 is 0 Å². The molecule has 4 nitrogen and oxygen atoms in total. The van der Waals surface area contributed by atoms with Gasteiger partial charge in [-0.3, -0.25) is 14.9 Å². The highest BCUT2D eigenvalue weighted by atomic mass is 16.5. The van der Waals surface area contributed by atoms with E-state index in [2.05, 4.69) is 27.5 Å². The first-order chi connectivity index (χ1) is 10.9. The molecule has 2 aromatic rings. The lowest BCUT2D eigenvalue weighted by molar-refractivity contribution is 0.147. The number of aromatic nitrogens is 2. The Bertz CT molecular complexity index is 627. The Labute approximate surface area is 131 Å². The maximum atomic E-state index is 5.58. The lowest BCUT2D eigenvalue weighted by atomic mass is 9.97. The lowest BCUT2D eigenvalue weighted by Gasteiger charge is -2.29. The smallest absolute Gasteiger partial charge is 0.0738 e. The van der Waals surface area contributed by atoms with Crippen molar-refractivity contribution in [2.45, 2.75) is 26.1 Å². The molecule has 0 unspecified atom stereocenters. The molecule has 0 bridgehead atoms. The third-order valence-electron chi connectivity index (χ3n) is 3.93. The summed E-state index contributed by atoms with van der Waals surface area (Å²) in [7, 11) is 0. The Morgan fingerprint density at radius 3 is 3.05 bits per heavy atom. The Morgan fingerprint density at radius 1 is 1.27 bits per heavy atom. The predicted molar refractivity (Wildman–Crippen MR) is 86.1 cm³/mol. The van der Waals surface area contributed by atoms with E-state index in [1.807, 2.05) is 30.9 Å². The number of fused-ring (bicyclic) bond motifs is 1. The topological polar surface area (TPSA) is 38.2 Å². The average molecular weight is 295 g/mol. The molecule has 3 rings (SSSR count). The van der Waals surface area contributed by atoms with Crippen molar-refractivity contribution in [1.29, 1.82) is 0 Å². The average Bonchev–Trinajstić information content (AvgIpc) is 2.56. The van der Waals surface area contributed by atoms with Crippen LogP contribution >= 0.6 is 0 Å². The summed E-state index contributed by atoms with van der Waals surface area (Å²) in [6, 6.07) is 4.12. The lowest BCUT2D eigenvalue weighted by Crippen LogP contribution is -2.31. The molecule has 0 fully saturated rings. The van der Waals surface area contributed by atoms with Gasteiger partial charge in [0, 0.05) is 44.4 Å². The maximum Gasteiger partial charge on any atom is 0.0738 e. The fourth-order valence-corrected chi connectivity index (χ4v) is 2.89. The van der Waals surface area contributed by atoms with E-state index in [1.165, 1.54) is 22.3 Å². The van der Waals surface area contributed by atoms with Gasteiger partial charge in [0.1, 0.15) is 0 Å². The second-order valence-corrected chi connectivity index (χ2v) is 5.56. The predicted octanol–water partition coefficient (Wildman–Crippen LogP) is 2.74. The van der Waals surface area contributed by atoms with Crippen molar-refractivity contribution in [3.05, 3.63) is 71.8 Å². The second-order valence-electron chi connectivity index (χ2n) is 5.56. The summed E-state index contributed by atoms with van der Waals surface area (Å²) in [5.74, 6) is 0. The van der Waals surface area contributed by atoms with Gasteiger partial charge in [-0.1, -0.05) is 12.1 Å². The summed E-state index contributed by atoms with van der Waals surface area (Å²) in [5, 5.41) is 0.